The fourth-order valence-corrected chi connectivity index (χ4v) is 1.40. The standard InChI is InChI=1S/C14H11NO3/c1-10(16)11-5-7-12(8-6-11)18-14(17)13-4-2-3-9-15-13/h2-9H,1H3. The minimum atomic E-state index is -0.522. The molecule has 4 nitrogen and oxygen atoms in total. The van der Waals surface area contributed by atoms with E-state index in [1.54, 1.807) is 42.5 Å². The summed E-state index contributed by atoms with van der Waals surface area (Å²) < 4.78 is 5.12. The Balaban J connectivity index is 2.10. The third-order valence-corrected chi connectivity index (χ3v) is 2.35. The number of Topliss-reactive ketones (excluding diaryl/α,β-unsaturated/α-hetero) is 1. The summed E-state index contributed by atoms with van der Waals surface area (Å²) in [6, 6.07) is 11.4. The molecule has 0 radical (unpaired) electrons. The Kier molecular flexibility index (Phi) is 3.48. The molecule has 1 aromatic heterocycles. The first-order valence-electron chi connectivity index (χ1n) is 5.41. The number of ether oxygens (including phenoxy) is 1. The summed E-state index contributed by atoms with van der Waals surface area (Å²) in [4.78, 5) is 26.7. The van der Waals surface area contributed by atoms with Gasteiger partial charge in [0.1, 0.15) is 11.4 Å². The zero-order valence-electron chi connectivity index (χ0n) is 9.79. The van der Waals surface area contributed by atoms with Crippen molar-refractivity contribution in [1.82, 2.24) is 4.98 Å². The molecule has 0 atom stereocenters. The van der Waals surface area contributed by atoms with Crippen molar-refractivity contribution >= 4 is 11.8 Å². The molecular formula is C14H11NO3. The molecule has 90 valence electrons. The van der Waals surface area contributed by atoms with Crippen LogP contribution in [0.2, 0.25) is 0 Å². The van der Waals surface area contributed by atoms with Gasteiger partial charge in [0.25, 0.3) is 0 Å². The van der Waals surface area contributed by atoms with E-state index in [1.165, 1.54) is 13.1 Å². The molecule has 0 unspecified atom stereocenters. The van der Waals surface area contributed by atoms with Crippen molar-refractivity contribution in [3.63, 3.8) is 0 Å². The van der Waals surface area contributed by atoms with Crippen LogP contribution in [-0.2, 0) is 0 Å². The number of pyridine rings is 1. The van der Waals surface area contributed by atoms with Gasteiger partial charge >= 0.3 is 5.97 Å². The van der Waals surface area contributed by atoms with Crippen LogP contribution in [0.5, 0.6) is 5.75 Å². The number of hydrogen-bond donors (Lipinski definition) is 0. The second kappa shape index (κ2) is 5.23. The highest BCUT2D eigenvalue weighted by atomic mass is 16.5. The second-order valence-electron chi connectivity index (χ2n) is 3.69. The molecule has 1 aromatic carbocycles. The minimum Gasteiger partial charge on any atom is -0.422 e. The lowest BCUT2D eigenvalue weighted by Gasteiger charge is -2.03. The van der Waals surface area contributed by atoms with Crippen LogP contribution in [0.1, 0.15) is 27.8 Å². The summed E-state index contributed by atoms with van der Waals surface area (Å²) in [5, 5.41) is 0. The van der Waals surface area contributed by atoms with Crippen molar-refractivity contribution in [2.45, 2.75) is 6.92 Å². The van der Waals surface area contributed by atoms with E-state index in [4.69, 9.17) is 4.74 Å². The number of rotatable bonds is 3. The van der Waals surface area contributed by atoms with Gasteiger partial charge in [-0.1, -0.05) is 6.07 Å². The number of aromatic nitrogens is 1. The molecule has 18 heavy (non-hydrogen) atoms. The highest BCUT2D eigenvalue weighted by molar-refractivity contribution is 5.94. The maximum atomic E-state index is 11.7. The van der Waals surface area contributed by atoms with Crippen molar-refractivity contribution in [2.24, 2.45) is 0 Å². The average molecular weight is 241 g/mol. The number of carbonyl (C=O) groups is 2. The smallest absolute Gasteiger partial charge is 0.362 e. The van der Waals surface area contributed by atoms with Crippen molar-refractivity contribution in [1.29, 1.82) is 0 Å². The first-order chi connectivity index (χ1) is 8.66. The minimum absolute atomic E-state index is 0.0300. The Bertz CT molecular complexity index is 561. The molecule has 0 fully saturated rings. The highest BCUT2D eigenvalue weighted by Crippen LogP contribution is 2.14. The molecule has 2 aromatic rings. The molecule has 2 rings (SSSR count). The van der Waals surface area contributed by atoms with Crippen molar-refractivity contribution < 1.29 is 14.3 Å². The summed E-state index contributed by atoms with van der Waals surface area (Å²) in [5.74, 6) is -0.167. The van der Waals surface area contributed by atoms with Gasteiger partial charge in [0, 0.05) is 11.8 Å². The van der Waals surface area contributed by atoms with E-state index in [9.17, 15) is 9.59 Å². The number of benzene rings is 1. The number of carbonyl (C=O) groups excluding carboxylic acids is 2. The van der Waals surface area contributed by atoms with Crippen LogP contribution in [-0.4, -0.2) is 16.7 Å². The van der Waals surface area contributed by atoms with Gasteiger partial charge in [0.2, 0.25) is 0 Å². The Morgan fingerprint density at radius 3 is 2.33 bits per heavy atom. The van der Waals surface area contributed by atoms with Gasteiger partial charge in [-0.15, -0.1) is 0 Å². The lowest BCUT2D eigenvalue weighted by molar-refractivity contribution is 0.0728. The Morgan fingerprint density at radius 1 is 1.06 bits per heavy atom. The number of nitrogens with zero attached hydrogens (tertiary/aromatic N) is 1. The van der Waals surface area contributed by atoms with E-state index in [2.05, 4.69) is 4.98 Å². The Morgan fingerprint density at radius 2 is 1.78 bits per heavy atom. The number of hydrogen-bond acceptors (Lipinski definition) is 4. The molecule has 0 amide bonds. The average Bonchev–Trinajstić information content (AvgIpc) is 2.40. The molecule has 0 saturated carbocycles. The van der Waals surface area contributed by atoms with Gasteiger partial charge in [-0.25, -0.2) is 9.78 Å². The quantitative estimate of drug-likeness (QED) is 0.470. The lowest BCUT2D eigenvalue weighted by atomic mass is 10.1. The zero-order valence-corrected chi connectivity index (χ0v) is 9.79. The summed E-state index contributed by atoms with van der Waals surface area (Å²) in [5.41, 5.74) is 0.820. The van der Waals surface area contributed by atoms with Gasteiger partial charge in [0.15, 0.2) is 5.78 Å². The number of esters is 1. The molecule has 4 heteroatoms. The van der Waals surface area contributed by atoms with Crippen LogP contribution in [0.25, 0.3) is 0 Å². The molecule has 0 aliphatic heterocycles. The van der Waals surface area contributed by atoms with Crippen LogP contribution >= 0.6 is 0 Å². The van der Waals surface area contributed by atoms with Gasteiger partial charge in [-0.05, 0) is 43.3 Å². The van der Waals surface area contributed by atoms with Crippen LogP contribution in [0.4, 0.5) is 0 Å². The van der Waals surface area contributed by atoms with E-state index < -0.39 is 5.97 Å². The Hall–Kier alpha value is -2.49. The lowest BCUT2D eigenvalue weighted by Crippen LogP contribution is -2.10. The summed E-state index contributed by atoms with van der Waals surface area (Å²) >= 11 is 0. The second-order valence-corrected chi connectivity index (χ2v) is 3.69. The molecule has 0 aliphatic rings. The normalized spacial score (nSPS) is 9.83. The maximum Gasteiger partial charge on any atom is 0.362 e. The van der Waals surface area contributed by atoms with Crippen LogP contribution in [0, 0.1) is 0 Å². The van der Waals surface area contributed by atoms with Crippen molar-refractivity contribution in [2.75, 3.05) is 0 Å². The first-order valence-corrected chi connectivity index (χ1v) is 5.41. The van der Waals surface area contributed by atoms with E-state index in [-0.39, 0.29) is 11.5 Å². The molecule has 0 spiro atoms. The van der Waals surface area contributed by atoms with E-state index in [1.807, 2.05) is 0 Å². The third-order valence-electron chi connectivity index (χ3n) is 2.35. The highest BCUT2D eigenvalue weighted by Gasteiger charge is 2.09. The van der Waals surface area contributed by atoms with Crippen LogP contribution in [0.3, 0.4) is 0 Å². The predicted molar refractivity (Wildman–Crippen MR) is 65.6 cm³/mol. The molecule has 1 heterocycles. The van der Waals surface area contributed by atoms with Crippen LogP contribution in [0.15, 0.2) is 48.7 Å². The van der Waals surface area contributed by atoms with E-state index in [0.717, 1.165) is 0 Å². The summed E-state index contributed by atoms with van der Waals surface area (Å²) in [6.07, 6.45) is 1.52. The van der Waals surface area contributed by atoms with Gasteiger partial charge in [-0.3, -0.25) is 4.79 Å². The van der Waals surface area contributed by atoms with Crippen LogP contribution < -0.4 is 4.74 Å². The monoisotopic (exact) mass is 241 g/mol. The summed E-state index contributed by atoms with van der Waals surface area (Å²) in [6.45, 7) is 1.48. The number of ketones is 1. The Labute approximate surface area is 104 Å². The fraction of sp³-hybridized carbons (Fsp3) is 0.0714. The third kappa shape index (κ3) is 2.79. The van der Waals surface area contributed by atoms with E-state index in [0.29, 0.717) is 11.3 Å². The van der Waals surface area contributed by atoms with Gasteiger partial charge in [0.05, 0.1) is 0 Å². The SMILES string of the molecule is CC(=O)c1ccc(OC(=O)c2ccccn2)cc1. The molecular weight excluding hydrogens is 230 g/mol. The topological polar surface area (TPSA) is 56.3 Å². The molecule has 0 bridgehead atoms. The van der Waals surface area contributed by atoms with E-state index >= 15 is 0 Å². The maximum absolute atomic E-state index is 11.7. The van der Waals surface area contributed by atoms with Crippen molar-refractivity contribution in [3.05, 3.63) is 59.9 Å². The predicted octanol–water partition coefficient (Wildman–Crippen LogP) is 2.50. The zero-order chi connectivity index (χ0) is 13.0. The molecule has 0 N–H and O–H groups in total. The van der Waals surface area contributed by atoms with Gasteiger partial charge < -0.3 is 4.74 Å². The molecule has 0 aliphatic carbocycles. The molecule has 0 saturated heterocycles. The van der Waals surface area contributed by atoms with Crippen molar-refractivity contribution in [3.8, 4) is 5.75 Å². The first kappa shape index (κ1) is 12.0. The van der Waals surface area contributed by atoms with Gasteiger partial charge in [-0.2, -0.15) is 0 Å². The summed E-state index contributed by atoms with van der Waals surface area (Å²) in [7, 11) is 0. The fourth-order valence-electron chi connectivity index (χ4n) is 1.40. The largest absolute Gasteiger partial charge is 0.422 e.